The van der Waals surface area contributed by atoms with Gasteiger partial charge in [-0.1, -0.05) is 39.2 Å². The highest BCUT2D eigenvalue weighted by Crippen LogP contribution is 2.29. The smallest absolute Gasteiger partial charge is 0.363 e. The van der Waals surface area contributed by atoms with Crippen LogP contribution in [0.1, 0.15) is 96.1 Å². The second-order valence-corrected chi connectivity index (χ2v) is 12.5. The Morgan fingerprint density at radius 2 is 1.65 bits per heavy atom. The number of unbranched alkanes of at least 4 members (excludes halogenated alkanes) is 2. The SMILES string of the molecule is CCCCCC(C(=O)NCNC(=O)c1ccc(-c2ccc(C(=O)NC(CC(=O)O)C(=O)O)c(OCC)c2)o1)C(CC)N(C=O)OC(=O)c1ccc(N)cc1C. The number of amides is 4. The Morgan fingerprint density at radius 1 is 0.927 bits per heavy atom. The normalized spacial score (nSPS) is 12.4. The number of aryl methyl sites for hydroxylation is 1. The molecule has 3 unspecified atom stereocenters. The van der Waals surface area contributed by atoms with Gasteiger partial charge in [0.05, 0.1) is 42.8 Å². The third-order valence-corrected chi connectivity index (χ3v) is 8.56. The average molecular weight is 766 g/mol. The summed E-state index contributed by atoms with van der Waals surface area (Å²) in [6.07, 6.45) is 2.56. The third-order valence-electron chi connectivity index (χ3n) is 8.56. The number of nitrogens with one attached hydrogen (secondary N) is 3. The average Bonchev–Trinajstić information content (AvgIpc) is 3.64. The maximum atomic E-state index is 13.5. The van der Waals surface area contributed by atoms with Gasteiger partial charge in [-0.15, -0.1) is 0 Å². The van der Waals surface area contributed by atoms with Crippen LogP contribution in [0.25, 0.3) is 11.3 Å². The van der Waals surface area contributed by atoms with Gasteiger partial charge in [-0.2, -0.15) is 5.06 Å². The van der Waals surface area contributed by atoms with Gasteiger partial charge in [-0.05, 0) is 74.7 Å². The summed E-state index contributed by atoms with van der Waals surface area (Å²) in [5.74, 6) is -6.32. The maximum Gasteiger partial charge on any atom is 0.363 e. The molecule has 3 aromatic rings. The van der Waals surface area contributed by atoms with Crippen molar-refractivity contribution >= 4 is 47.7 Å². The Labute approximate surface area is 317 Å². The molecule has 1 heterocycles. The monoisotopic (exact) mass is 765 g/mol. The van der Waals surface area contributed by atoms with Crippen LogP contribution in [0, 0.1) is 12.8 Å². The van der Waals surface area contributed by atoms with E-state index in [-0.39, 0.29) is 48.1 Å². The number of nitrogens with two attached hydrogens (primary N) is 1. The fourth-order valence-corrected chi connectivity index (χ4v) is 5.78. The molecule has 2 aromatic carbocycles. The molecule has 17 heteroatoms. The predicted octanol–water partition coefficient (Wildman–Crippen LogP) is 3.90. The van der Waals surface area contributed by atoms with Crippen LogP contribution in [0.5, 0.6) is 5.75 Å². The fourth-order valence-electron chi connectivity index (χ4n) is 5.78. The molecule has 296 valence electrons. The highest BCUT2D eigenvalue weighted by molar-refractivity contribution is 6.00. The first-order valence-corrected chi connectivity index (χ1v) is 17.7. The summed E-state index contributed by atoms with van der Waals surface area (Å²) in [4.78, 5) is 92.5. The molecule has 0 fully saturated rings. The van der Waals surface area contributed by atoms with E-state index < -0.39 is 60.1 Å². The van der Waals surface area contributed by atoms with Crippen LogP contribution in [-0.4, -0.2) is 82.7 Å². The largest absolute Gasteiger partial charge is 0.493 e. The Hall–Kier alpha value is -6.39. The number of rotatable bonds is 22. The molecule has 0 aliphatic carbocycles. The first kappa shape index (κ1) is 43.0. The number of hydrogen-bond donors (Lipinski definition) is 6. The highest BCUT2D eigenvalue weighted by atomic mass is 16.7. The lowest BCUT2D eigenvalue weighted by atomic mass is 9.90. The minimum atomic E-state index is -1.67. The predicted molar refractivity (Wildman–Crippen MR) is 198 cm³/mol. The van der Waals surface area contributed by atoms with E-state index in [2.05, 4.69) is 16.0 Å². The number of anilines is 1. The second-order valence-electron chi connectivity index (χ2n) is 12.5. The van der Waals surface area contributed by atoms with Crippen LogP contribution in [0.4, 0.5) is 5.69 Å². The highest BCUT2D eigenvalue weighted by Gasteiger charge is 2.34. The molecule has 0 saturated carbocycles. The van der Waals surface area contributed by atoms with E-state index in [4.69, 9.17) is 24.8 Å². The van der Waals surface area contributed by atoms with Gasteiger partial charge in [-0.3, -0.25) is 24.0 Å². The van der Waals surface area contributed by atoms with Crippen LogP contribution in [-0.2, 0) is 24.0 Å². The van der Waals surface area contributed by atoms with Crippen molar-refractivity contribution in [3.05, 3.63) is 71.0 Å². The van der Waals surface area contributed by atoms with Crippen LogP contribution in [0.2, 0.25) is 0 Å². The summed E-state index contributed by atoms with van der Waals surface area (Å²) in [5, 5.41) is 26.6. The molecule has 0 aliphatic heterocycles. The van der Waals surface area contributed by atoms with Gasteiger partial charge in [0.25, 0.3) is 11.8 Å². The third kappa shape index (κ3) is 12.1. The van der Waals surface area contributed by atoms with Crippen molar-refractivity contribution in [3.63, 3.8) is 0 Å². The molecule has 3 rings (SSSR count). The standard InChI is InChI=1S/C38H47N5O12/c1-5-8-9-10-26(29(6-2)43(21-44)55-38(52)25-14-12-24(39)17-22(25)4)34(47)40-20-41-36(49)31-16-15-30(54-31)23-11-13-27(32(18-23)53-7-3)35(48)42-28(37(50)51)19-33(45)46/h11-18,21,26,28-29H,5-10,19-20,39H2,1-4H3,(H,40,47)(H,41,49)(H,42,48)(H,45,46)(H,50,51). The topological polar surface area (TPSA) is 257 Å². The number of carbonyl (C=O) groups is 7. The maximum absolute atomic E-state index is 13.5. The Kier molecular flexibility index (Phi) is 16.2. The molecule has 4 amide bonds. The van der Waals surface area contributed by atoms with E-state index in [0.717, 1.165) is 17.9 Å². The van der Waals surface area contributed by atoms with Gasteiger partial charge < -0.3 is 45.9 Å². The number of nitrogens with zero attached hydrogens (tertiary/aromatic N) is 1. The summed E-state index contributed by atoms with van der Waals surface area (Å²) in [5.41, 5.74) is 7.38. The number of hydrogen-bond acceptors (Lipinski definition) is 11. The van der Waals surface area contributed by atoms with Crippen molar-refractivity contribution in [2.24, 2.45) is 5.92 Å². The summed E-state index contributed by atoms with van der Waals surface area (Å²) >= 11 is 0. The van der Waals surface area contributed by atoms with Gasteiger partial charge in [0, 0.05) is 11.3 Å². The minimum absolute atomic E-state index is 0.0489. The molecule has 7 N–H and O–H groups in total. The lowest BCUT2D eigenvalue weighted by Gasteiger charge is -2.32. The van der Waals surface area contributed by atoms with E-state index in [1.165, 1.54) is 36.4 Å². The van der Waals surface area contributed by atoms with Crippen molar-refractivity contribution < 1.29 is 57.8 Å². The van der Waals surface area contributed by atoms with E-state index in [0.29, 0.717) is 36.1 Å². The van der Waals surface area contributed by atoms with E-state index >= 15 is 0 Å². The number of aliphatic carboxylic acids is 2. The lowest BCUT2D eigenvalue weighted by Crippen LogP contribution is -2.49. The Morgan fingerprint density at radius 3 is 2.27 bits per heavy atom. The molecule has 1 aromatic heterocycles. The summed E-state index contributed by atoms with van der Waals surface area (Å²) < 4.78 is 11.3. The van der Waals surface area contributed by atoms with Crippen LogP contribution < -0.4 is 26.4 Å². The second kappa shape index (κ2) is 20.7. The first-order chi connectivity index (χ1) is 26.2. The van der Waals surface area contributed by atoms with Crippen LogP contribution >= 0.6 is 0 Å². The summed E-state index contributed by atoms with van der Waals surface area (Å²) in [7, 11) is 0. The van der Waals surface area contributed by atoms with Gasteiger partial charge >= 0.3 is 17.9 Å². The number of carbonyl (C=O) groups excluding carboxylic acids is 5. The zero-order valence-corrected chi connectivity index (χ0v) is 31.1. The molecule has 55 heavy (non-hydrogen) atoms. The molecule has 3 atom stereocenters. The zero-order valence-electron chi connectivity index (χ0n) is 31.1. The molecule has 0 spiro atoms. The van der Waals surface area contributed by atoms with Gasteiger partial charge in [0.15, 0.2) is 5.76 Å². The molecular weight excluding hydrogens is 718 g/mol. The van der Waals surface area contributed by atoms with E-state index in [9.17, 15) is 38.7 Å². The number of ether oxygens (including phenoxy) is 1. The molecule has 17 nitrogen and oxygen atoms in total. The number of nitrogen functional groups attached to an aromatic ring is 1. The van der Waals surface area contributed by atoms with Gasteiger partial charge in [-0.25, -0.2) is 9.59 Å². The lowest BCUT2D eigenvalue weighted by molar-refractivity contribution is -0.171. The van der Waals surface area contributed by atoms with Crippen molar-refractivity contribution in [2.45, 2.75) is 78.3 Å². The van der Waals surface area contributed by atoms with Crippen molar-refractivity contribution in [1.82, 2.24) is 21.0 Å². The minimum Gasteiger partial charge on any atom is -0.493 e. The van der Waals surface area contributed by atoms with Gasteiger partial charge in [0.2, 0.25) is 12.3 Å². The quantitative estimate of drug-likeness (QED) is 0.0279. The number of benzene rings is 2. The zero-order chi connectivity index (χ0) is 40.7. The number of hydroxylamine groups is 2. The molecule has 0 aliphatic rings. The number of carboxylic acids is 2. The Bertz CT molecular complexity index is 1860. The van der Waals surface area contributed by atoms with Gasteiger partial charge in [0.1, 0.15) is 17.6 Å². The summed E-state index contributed by atoms with van der Waals surface area (Å²) in [6, 6.07) is 9.34. The fraction of sp³-hybridized carbons (Fsp3) is 0.395. The molecule has 0 radical (unpaired) electrons. The summed E-state index contributed by atoms with van der Waals surface area (Å²) in [6.45, 7) is 6.96. The van der Waals surface area contributed by atoms with Crippen molar-refractivity contribution in [1.29, 1.82) is 0 Å². The number of carboxylic acid groups (broad SMARTS) is 2. The van der Waals surface area contributed by atoms with E-state index in [1.807, 2.05) is 6.92 Å². The number of furan rings is 1. The Balaban J connectivity index is 1.70. The van der Waals surface area contributed by atoms with Crippen LogP contribution in [0.3, 0.4) is 0 Å². The van der Waals surface area contributed by atoms with Crippen molar-refractivity contribution in [2.75, 3.05) is 19.0 Å². The van der Waals surface area contributed by atoms with E-state index in [1.54, 1.807) is 32.9 Å². The van der Waals surface area contributed by atoms with Crippen molar-refractivity contribution in [3.8, 4) is 17.1 Å². The first-order valence-electron chi connectivity index (χ1n) is 17.7. The molecular formula is C38H47N5O12. The van der Waals surface area contributed by atoms with Crippen LogP contribution in [0.15, 0.2) is 52.9 Å². The molecule has 0 saturated heterocycles. The molecule has 0 bridgehead atoms.